The maximum absolute atomic E-state index is 10.6. The molecule has 1 spiro atoms. The summed E-state index contributed by atoms with van der Waals surface area (Å²) in [6.07, 6.45) is -6.08. The van der Waals surface area contributed by atoms with Crippen molar-refractivity contribution in [3.05, 3.63) is 52.2 Å². The van der Waals surface area contributed by atoms with Crippen molar-refractivity contribution in [3.8, 4) is 5.75 Å². The molecule has 39 heavy (non-hydrogen) atoms. The Labute approximate surface area is 225 Å². The highest BCUT2D eigenvalue weighted by Crippen LogP contribution is 2.41. The van der Waals surface area contributed by atoms with Crippen LogP contribution in [0.5, 0.6) is 5.75 Å². The maximum Gasteiger partial charge on any atom is 0.490 e. The Balaban J connectivity index is 0.000000317. The molecule has 0 atom stereocenters. The number of aliphatic carboxylic acids is 2. The van der Waals surface area contributed by atoms with Crippen molar-refractivity contribution >= 4 is 23.3 Å². The van der Waals surface area contributed by atoms with Gasteiger partial charge in [-0.2, -0.15) is 26.3 Å². The summed E-state index contributed by atoms with van der Waals surface area (Å²) in [5.41, 5.74) is 1.97. The zero-order chi connectivity index (χ0) is 29.3. The number of carbonyl (C=O) groups is 2. The number of hydrogen-bond acceptors (Lipinski definition) is 6. The van der Waals surface area contributed by atoms with E-state index in [0.717, 1.165) is 18.8 Å². The molecule has 4 rings (SSSR count). The van der Waals surface area contributed by atoms with Crippen LogP contribution in [0.2, 0.25) is 0 Å². The van der Waals surface area contributed by atoms with E-state index in [1.807, 2.05) is 11.3 Å². The smallest absolute Gasteiger partial charge is 0.490 e. The Morgan fingerprint density at radius 2 is 1.36 bits per heavy atom. The molecule has 7 nitrogen and oxygen atoms in total. The molecule has 0 amide bonds. The molecule has 0 radical (unpaired) electrons. The van der Waals surface area contributed by atoms with Crippen molar-refractivity contribution in [1.29, 1.82) is 0 Å². The number of carboxylic acids is 2. The molecular formula is C25H30F6N2O5S. The van der Waals surface area contributed by atoms with Gasteiger partial charge in [-0.05, 0) is 73.5 Å². The van der Waals surface area contributed by atoms with Gasteiger partial charge in [0.2, 0.25) is 0 Å². The number of piperidine rings is 1. The minimum absolute atomic E-state index is 0.577. The SMILES string of the molecule is COc1ccc(CN2CCC3(CC2)CCN(Cc2cccs2)C3)cc1.O=C(O)C(F)(F)F.O=C(O)C(F)(F)F. The van der Waals surface area contributed by atoms with E-state index in [2.05, 4.69) is 51.6 Å². The van der Waals surface area contributed by atoms with Crippen LogP contribution in [0.25, 0.3) is 0 Å². The predicted octanol–water partition coefficient (Wildman–Crippen LogP) is 5.51. The molecule has 2 aliphatic heterocycles. The summed E-state index contributed by atoms with van der Waals surface area (Å²) in [5, 5.41) is 16.4. The fourth-order valence-corrected chi connectivity index (χ4v) is 5.11. The molecule has 1 aromatic carbocycles. The Hall–Kier alpha value is -2.84. The molecule has 2 saturated heterocycles. The largest absolute Gasteiger partial charge is 0.497 e. The number of nitrogens with zero attached hydrogens (tertiary/aromatic N) is 2. The van der Waals surface area contributed by atoms with Crippen LogP contribution in [0, 0.1) is 5.41 Å². The van der Waals surface area contributed by atoms with Crippen LogP contribution in [-0.2, 0) is 22.7 Å². The van der Waals surface area contributed by atoms with E-state index in [1.165, 1.54) is 55.9 Å². The van der Waals surface area contributed by atoms with Crippen LogP contribution >= 0.6 is 11.3 Å². The molecule has 218 valence electrons. The van der Waals surface area contributed by atoms with Gasteiger partial charge in [0.05, 0.1) is 7.11 Å². The zero-order valence-electron chi connectivity index (χ0n) is 21.1. The summed E-state index contributed by atoms with van der Waals surface area (Å²) >= 11 is 1.89. The fraction of sp³-hybridized carbons (Fsp3) is 0.520. The quantitative estimate of drug-likeness (QED) is 0.448. The number of carboxylic acid groups (broad SMARTS) is 2. The van der Waals surface area contributed by atoms with Crippen LogP contribution in [0.1, 0.15) is 29.7 Å². The zero-order valence-corrected chi connectivity index (χ0v) is 21.9. The van der Waals surface area contributed by atoms with Crippen molar-refractivity contribution in [1.82, 2.24) is 9.80 Å². The standard InChI is InChI=1S/C21H28N2OS.2C2HF3O2/c1-24-19-6-4-18(5-7-19)15-22-11-8-21(9-12-22)10-13-23(17-21)16-20-3-2-14-25-20;2*3-2(4,5)1(6)7/h2-7,14H,8-13,15-17H2,1H3;2*(H,6,7). The van der Waals surface area contributed by atoms with Gasteiger partial charge in [0, 0.05) is 24.5 Å². The van der Waals surface area contributed by atoms with Crippen LogP contribution in [0.4, 0.5) is 26.3 Å². The summed E-state index contributed by atoms with van der Waals surface area (Å²) < 4.78 is 68.7. The van der Waals surface area contributed by atoms with Crippen LogP contribution < -0.4 is 4.74 Å². The van der Waals surface area contributed by atoms with E-state index in [-0.39, 0.29) is 0 Å². The van der Waals surface area contributed by atoms with Crippen molar-refractivity contribution < 1.29 is 50.9 Å². The Morgan fingerprint density at radius 3 is 1.77 bits per heavy atom. The molecule has 2 fully saturated rings. The molecule has 14 heteroatoms. The third-order valence-corrected chi connectivity index (χ3v) is 7.31. The van der Waals surface area contributed by atoms with Crippen LogP contribution in [0.3, 0.4) is 0 Å². The Bertz CT molecular complexity index is 1010. The normalized spacial score (nSPS) is 17.5. The molecule has 0 aliphatic carbocycles. The van der Waals surface area contributed by atoms with Gasteiger partial charge in [-0.25, -0.2) is 9.59 Å². The third-order valence-electron chi connectivity index (χ3n) is 6.44. The highest BCUT2D eigenvalue weighted by atomic mass is 32.1. The first-order valence-corrected chi connectivity index (χ1v) is 12.7. The summed E-state index contributed by atoms with van der Waals surface area (Å²) in [5.74, 6) is -4.57. The monoisotopic (exact) mass is 584 g/mol. The molecule has 2 N–H and O–H groups in total. The summed E-state index contributed by atoms with van der Waals surface area (Å²) in [6, 6.07) is 13.0. The maximum atomic E-state index is 10.6. The van der Waals surface area contributed by atoms with E-state index in [0.29, 0.717) is 5.41 Å². The number of ether oxygens (including phenoxy) is 1. The third kappa shape index (κ3) is 11.0. The number of benzene rings is 1. The lowest BCUT2D eigenvalue weighted by molar-refractivity contribution is -0.193. The number of hydrogen-bond donors (Lipinski definition) is 2. The van der Waals surface area contributed by atoms with E-state index in [1.54, 1.807) is 7.11 Å². The van der Waals surface area contributed by atoms with Crippen molar-refractivity contribution in [2.45, 2.75) is 44.7 Å². The van der Waals surface area contributed by atoms with Gasteiger partial charge in [-0.15, -0.1) is 11.3 Å². The summed E-state index contributed by atoms with van der Waals surface area (Å²) in [6.45, 7) is 7.25. The minimum Gasteiger partial charge on any atom is -0.497 e. The molecule has 0 bridgehead atoms. The number of rotatable bonds is 5. The summed E-state index contributed by atoms with van der Waals surface area (Å²) in [4.78, 5) is 24.6. The number of thiophene rings is 1. The fourth-order valence-electron chi connectivity index (χ4n) is 4.37. The van der Waals surface area contributed by atoms with Gasteiger partial charge in [-0.3, -0.25) is 9.80 Å². The van der Waals surface area contributed by atoms with E-state index >= 15 is 0 Å². The van der Waals surface area contributed by atoms with Crippen LogP contribution in [0.15, 0.2) is 41.8 Å². The van der Waals surface area contributed by atoms with Gasteiger partial charge in [0.25, 0.3) is 0 Å². The first-order valence-electron chi connectivity index (χ1n) is 11.8. The number of alkyl halides is 6. The number of likely N-dealkylation sites (tertiary alicyclic amines) is 2. The lowest BCUT2D eigenvalue weighted by atomic mass is 9.77. The van der Waals surface area contributed by atoms with Crippen molar-refractivity contribution in [2.75, 3.05) is 33.3 Å². The molecule has 3 heterocycles. The lowest BCUT2D eigenvalue weighted by Crippen LogP contribution is -2.41. The average Bonchev–Trinajstić information content (AvgIpc) is 3.51. The second-order valence-corrected chi connectivity index (χ2v) is 10.3. The second-order valence-electron chi connectivity index (χ2n) is 9.27. The summed E-state index contributed by atoms with van der Waals surface area (Å²) in [7, 11) is 1.72. The topological polar surface area (TPSA) is 90.3 Å². The highest BCUT2D eigenvalue weighted by molar-refractivity contribution is 7.09. The lowest BCUT2D eigenvalue weighted by Gasteiger charge is -2.39. The first-order chi connectivity index (χ1) is 18.1. The number of methoxy groups -OCH3 is 1. The van der Waals surface area contributed by atoms with E-state index in [4.69, 9.17) is 24.5 Å². The van der Waals surface area contributed by atoms with Gasteiger partial charge in [0.1, 0.15) is 5.75 Å². The van der Waals surface area contributed by atoms with E-state index < -0.39 is 24.3 Å². The highest BCUT2D eigenvalue weighted by Gasteiger charge is 2.40. The average molecular weight is 585 g/mol. The Kier molecular flexibility index (Phi) is 11.6. The number of halogens is 6. The minimum atomic E-state index is -5.08. The molecule has 0 unspecified atom stereocenters. The van der Waals surface area contributed by atoms with E-state index in [9.17, 15) is 26.3 Å². The van der Waals surface area contributed by atoms with Gasteiger partial charge in [-0.1, -0.05) is 18.2 Å². The van der Waals surface area contributed by atoms with Gasteiger partial charge < -0.3 is 14.9 Å². The van der Waals surface area contributed by atoms with Crippen molar-refractivity contribution in [3.63, 3.8) is 0 Å². The molecule has 2 aromatic rings. The molecule has 1 aromatic heterocycles. The molecule has 0 saturated carbocycles. The van der Waals surface area contributed by atoms with Crippen molar-refractivity contribution in [2.24, 2.45) is 5.41 Å². The van der Waals surface area contributed by atoms with Gasteiger partial charge >= 0.3 is 24.3 Å². The second kappa shape index (κ2) is 14.0. The Morgan fingerprint density at radius 1 is 0.872 bits per heavy atom. The van der Waals surface area contributed by atoms with Crippen LogP contribution in [-0.4, -0.2) is 77.6 Å². The predicted molar refractivity (Wildman–Crippen MR) is 132 cm³/mol. The van der Waals surface area contributed by atoms with Gasteiger partial charge in [0.15, 0.2) is 0 Å². The first kappa shape index (κ1) is 32.4. The molecular weight excluding hydrogens is 554 g/mol. The molecule has 2 aliphatic rings.